The fourth-order valence-corrected chi connectivity index (χ4v) is 1.19. The summed E-state index contributed by atoms with van der Waals surface area (Å²) in [5.41, 5.74) is 1.42. The van der Waals surface area contributed by atoms with Crippen molar-refractivity contribution in [3.63, 3.8) is 0 Å². The Morgan fingerprint density at radius 1 is 1.44 bits per heavy atom. The number of hydrogen-bond donors (Lipinski definition) is 1. The van der Waals surface area contributed by atoms with E-state index in [0.717, 1.165) is 5.69 Å². The van der Waals surface area contributed by atoms with Crippen LogP contribution >= 0.6 is 0 Å². The molecule has 0 spiro atoms. The van der Waals surface area contributed by atoms with Gasteiger partial charge in [-0.15, -0.1) is 0 Å². The van der Waals surface area contributed by atoms with Gasteiger partial charge in [-0.3, -0.25) is 4.79 Å². The molecule has 0 aliphatic carbocycles. The number of ether oxygens (including phenoxy) is 2. The summed E-state index contributed by atoms with van der Waals surface area (Å²) in [5, 5.41) is 2.76. The minimum absolute atomic E-state index is 0.0862. The number of carbonyl (C=O) groups is 1. The standard InChI is InChI=1S/C11H16N2O3/c1-8-9(4-5-11(12-8)16-3)13-10(14)6-7-15-2/h4-5H,6-7H2,1-3H3,(H,13,14). The van der Waals surface area contributed by atoms with Crippen LogP contribution in [0.5, 0.6) is 5.88 Å². The number of aryl methyl sites for hydroxylation is 1. The Labute approximate surface area is 94.8 Å². The van der Waals surface area contributed by atoms with Gasteiger partial charge in [-0.2, -0.15) is 0 Å². The molecule has 0 atom stereocenters. The highest BCUT2D eigenvalue weighted by Crippen LogP contribution is 2.16. The van der Waals surface area contributed by atoms with Gasteiger partial charge in [0.05, 0.1) is 31.5 Å². The van der Waals surface area contributed by atoms with Crippen LogP contribution < -0.4 is 10.1 Å². The van der Waals surface area contributed by atoms with Crippen molar-refractivity contribution in [2.45, 2.75) is 13.3 Å². The van der Waals surface area contributed by atoms with Crippen molar-refractivity contribution < 1.29 is 14.3 Å². The van der Waals surface area contributed by atoms with Crippen molar-refractivity contribution >= 4 is 11.6 Å². The number of pyridine rings is 1. The first-order chi connectivity index (χ1) is 7.67. The lowest BCUT2D eigenvalue weighted by Crippen LogP contribution is -2.14. The normalized spacial score (nSPS) is 9.94. The molecule has 1 amide bonds. The van der Waals surface area contributed by atoms with Gasteiger partial charge >= 0.3 is 0 Å². The summed E-state index contributed by atoms with van der Waals surface area (Å²) in [6.07, 6.45) is 0.335. The molecule has 0 fully saturated rings. The zero-order valence-electron chi connectivity index (χ0n) is 9.74. The molecule has 1 heterocycles. The molecule has 0 aliphatic rings. The molecule has 1 aromatic heterocycles. The van der Waals surface area contributed by atoms with E-state index >= 15 is 0 Å². The van der Waals surface area contributed by atoms with E-state index in [1.807, 2.05) is 6.92 Å². The third-order valence-electron chi connectivity index (χ3n) is 2.08. The molecule has 1 N–H and O–H groups in total. The summed E-state index contributed by atoms with van der Waals surface area (Å²) in [7, 11) is 3.12. The second-order valence-corrected chi connectivity index (χ2v) is 3.28. The third-order valence-corrected chi connectivity index (χ3v) is 2.08. The molecule has 0 saturated heterocycles. The molecule has 5 heteroatoms. The fraction of sp³-hybridized carbons (Fsp3) is 0.455. The number of nitrogens with zero attached hydrogens (tertiary/aromatic N) is 1. The van der Waals surface area contributed by atoms with E-state index in [1.165, 1.54) is 0 Å². The number of methoxy groups -OCH3 is 2. The lowest BCUT2D eigenvalue weighted by atomic mass is 10.3. The molecule has 0 aromatic carbocycles. The van der Waals surface area contributed by atoms with Crippen molar-refractivity contribution in [3.8, 4) is 5.88 Å². The van der Waals surface area contributed by atoms with E-state index < -0.39 is 0 Å². The van der Waals surface area contributed by atoms with Crippen LogP contribution in [0.3, 0.4) is 0 Å². The van der Waals surface area contributed by atoms with Gasteiger partial charge in [0.25, 0.3) is 0 Å². The minimum atomic E-state index is -0.0862. The number of anilines is 1. The summed E-state index contributed by atoms with van der Waals surface area (Å²) >= 11 is 0. The SMILES string of the molecule is COCCC(=O)Nc1ccc(OC)nc1C. The predicted octanol–water partition coefficient (Wildman–Crippen LogP) is 1.37. The monoisotopic (exact) mass is 224 g/mol. The minimum Gasteiger partial charge on any atom is -0.481 e. The Morgan fingerprint density at radius 3 is 2.75 bits per heavy atom. The highest BCUT2D eigenvalue weighted by Gasteiger charge is 2.06. The summed E-state index contributed by atoms with van der Waals surface area (Å²) in [4.78, 5) is 15.6. The van der Waals surface area contributed by atoms with Crippen LogP contribution in [0.15, 0.2) is 12.1 Å². The van der Waals surface area contributed by atoms with Gasteiger partial charge in [-0.05, 0) is 13.0 Å². The Morgan fingerprint density at radius 2 is 2.19 bits per heavy atom. The molecule has 0 saturated carbocycles. The van der Waals surface area contributed by atoms with Crippen molar-refractivity contribution in [1.29, 1.82) is 0 Å². The van der Waals surface area contributed by atoms with E-state index in [0.29, 0.717) is 24.6 Å². The Hall–Kier alpha value is -1.62. The zero-order valence-corrected chi connectivity index (χ0v) is 9.74. The maximum Gasteiger partial charge on any atom is 0.226 e. The quantitative estimate of drug-likeness (QED) is 0.820. The molecule has 1 rings (SSSR count). The van der Waals surface area contributed by atoms with Gasteiger partial charge in [-0.25, -0.2) is 4.98 Å². The van der Waals surface area contributed by atoms with Crippen molar-refractivity contribution in [3.05, 3.63) is 17.8 Å². The van der Waals surface area contributed by atoms with Crippen LogP contribution in [0.4, 0.5) is 5.69 Å². The van der Waals surface area contributed by atoms with Crippen molar-refractivity contribution in [2.24, 2.45) is 0 Å². The summed E-state index contributed by atoms with van der Waals surface area (Å²) in [6.45, 7) is 2.23. The maximum atomic E-state index is 11.4. The van der Waals surface area contributed by atoms with Crippen molar-refractivity contribution in [2.75, 3.05) is 26.1 Å². The fourth-order valence-electron chi connectivity index (χ4n) is 1.19. The van der Waals surface area contributed by atoms with Crippen molar-refractivity contribution in [1.82, 2.24) is 4.98 Å². The highest BCUT2D eigenvalue weighted by molar-refractivity contribution is 5.91. The first-order valence-electron chi connectivity index (χ1n) is 4.97. The molecule has 1 aromatic rings. The first kappa shape index (κ1) is 12.4. The molecule has 0 unspecified atom stereocenters. The van der Waals surface area contributed by atoms with Crippen LogP contribution in [0.1, 0.15) is 12.1 Å². The number of carbonyl (C=O) groups excluding carboxylic acids is 1. The lowest BCUT2D eigenvalue weighted by Gasteiger charge is -2.08. The highest BCUT2D eigenvalue weighted by atomic mass is 16.5. The van der Waals surface area contributed by atoms with Gasteiger partial charge in [-0.1, -0.05) is 0 Å². The van der Waals surface area contributed by atoms with Gasteiger partial charge in [0.2, 0.25) is 11.8 Å². The van der Waals surface area contributed by atoms with E-state index in [2.05, 4.69) is 10.3 Å². The summed E-state index contributed by atoms with van der Waals surface area (Å²) in [5.74, 6) is 0.448. The van der Waals surface area contributed by atoms with Gasteiger partial charge in [0.1, 0.15) is 0 Å². The molecular formula is C11H16N2O3. The van der Waals surface area contributed by atoms with E-state index in [1.54, 1.807) is 26.4 Å². The van der Waals surface area contributed by atoms with Crippen LogP contribution in [0.2, 0.25) is 0 Å². The maximum absolute atomic E-state index is 11.4. The average molecular weight is 224 g/mol. The Bertz CT molecular complexity index is 366. The van der Waals surface area contributed by atoms with Crippen LogP contribution in [0, 0.1) is 6.92 Å². The third kappa shape index (κ3) is 3.51. The Kier molecular flexibility index (Phi) is 4.72. The summed E-state index contributed by atoms with van der Waals surface area (Å²) in [6, 6.07) is 3.48. The number of hydrogen-bond acceptors (Lipinski definition) is 4. The smallest absolute Gasteiger partial charge is 0.226 e. The molecule has 5 nitrogen and oxygen atoms in total. The second-order valence-electron chi connectivity index (χ2n) is 3.28. The van der Waals surface area contributed by atoms with E-state index in [-0.39, 0.29) is 5.91 Å². The molecule has 88 valence electrons. The molecule has 0 radical (unpaired) electrons. The number of rotatable bonds is 5. The van der Waals surface area contributed by atoms with Crippen LogP contribution in [-0.4, -0.2) is 31.7 Å². The summed E-state index contributed by atoms with van der Waals surface area (Å²) < 4.78 is 9.80. The van der Waals surface area contributed by atoms with E-state index in [9.17, 15) is 4.79 Å². The zero-order chi connectivity index (χ0) is 12.0. The van der Waals surface area contributed by atoms with Gasteiger partial charge in [0, 0.05) is 13.2 Å². The van der Waals surface area contributed by atoms with Gasteiger partial charge in [0.15, 0.2) is 0 Å². The molecular weight excluding hydrogens is 208 g/mol. The van der Waals surface area contributed by atoms with Gasteiger partial charge < -0.3 is 14.8 Å². The number of nitrogens with one attached hydrogen (secondary N) is 1. The van der Waals surface area contributed by atoms with Crippen LogP contribution in [-0.2, 0) is 9.53 Å². The number of amides is 1. The molecule has 0 bridgehead atoms. The largest absolute Gasteiger partial charge is 0.481 e. The first-order valence-corrected chi connectivity index (χ1v) is 4.97. The molecule has 16 heavy (non-hydrogen) atoms. The predicted molar refractivity (Wildman–Crippen MR) is 60.6 cm³/mol. The lowest BCUT2D eigenvalue weighted by molar-refractivity contribution is -0.117. The van der Waals surface area contributed by atoms with Crippen LogP contribution in [0.25, 0.3) is 0 Å². The molecule has 0 aliphatic heterocycles. The average Bonchev–Trinajstić information content (AvgIpc) is 2.29. The topological polar surface area (TPSA) is 60.5 Å². The number of aromatic nitrogens is 1. The Balaban J connectivity index is 2.63. The second kappa shape index (κ2) is 6.07. The van der Waals surface area contributed by atoms with E-state index in [4.69, 9.17) is 9.47 Å².